The van der Waals surface area contributed by atoms with Gasteiger partial charge in [-0.05, 0) is 69.5 Å². The van der Waals surface area contributed by atoms with Gasteiger partial charge in [0.15, 0.2) is 0 Å². The van der Waals surface area contributed by atoms with E-state index < -0.39 is 28.5 Å². The van der Waals surface area contributed by atoms with E-state index in [0.29, 0.717) is 12.2 Å². The first kappa shape index (κ1) is 29.9. The van der Waals surface area contributed by atoms with Crippen LogP contribution in [-0.4, -0.2) is 44.3 Å². The predicted octanol–water partition coefficient (Wildman–Crippen LogP) is 5.14. The topological polar surface area (TPSA) is 86.8 Å². The number of hydrogen-bond acceptors (Lipinski definition) is 4. The molecule has 0 bridgehead atoms. The molecule has 0 aromatic heterocycles. The lowest BCUT2D eigenvalue weighted by Gasteiger charge is -2.32. The van der Waals surface area contributed by atoms with Crippen molar-refractivity contribution in [3.05, 3.63) is 95.1 Å². The van der Waals surface area contributed by atoms with Crippen molar-refractivity contribution in [2.75, 3.05) is 17.4 Å². The van der Waals surface area contributed by atoms with Gasteiger partial charge in [0.25, 0.3) is 10.0 Å². The molecule has 1 atom stereocenters. The van der Waals surface area contributed by atoms with E-state index in [1.807, 2.05) is 64.1 Å². The van der Waals surface area contributed by atoms with Crippen molar-refractivity contribution in [2.45, 2.75) is 64.9 Å². The fraction of sp³-hybridized carbons (Fsp3) is 0.355. The number of carbonyl (C=O) groups excluding carboxylic acids is 2. The monoisotopic (exact) mass is 549 g/mol. The van der Waals surface area contributed by atoms with Gasteiger partial charge >= 0.3 is 0 Å². The summed E-state index contributed by atoms with van der Waals surface area (Å²) in [6.45, 7) is 9.72. The summed E-state index contributed by atoms with van der Waals surface area (Å²) in [5.41, 5.74) is 4.15. The van der Waals surface area contributed by atoms with Crippen LogP contribution in [0.2, 0.25) is 0 Å². The number of sulfonamides is 1. The number of unbranched alkanes of at least 4 members (excludes halogenated alkanes) is 1. The summed E-state index contributed by atoms with van der Waals surface area (Å²) in [7, 11) is -4.07. The molecule has 0 saturated carbocycles. The van der Waals surface area contributed by atoms with Gasteiger partial charge in [-0.25, -0.2) is 8.42 Å². The van der Waals surface area contributed by atoms with E-state index in [-0.39, 0.29) is 17.3 Å². The Kier molecular flexibility index (Phi) is 10.3. The molecule has 3 aromatic rings. The van der Waals surface area contributed by atoms with Crippen LogP contribution in [0, 0.1) is 20.8 Å². The number of hydrogen-bond donors (Lipinski definition) is 1. The van der Waals surface area contributed by atoms with Crippen LogP contribution in [0.3, 0.4) is 0 Å². The van der Waals surface area contributed by atoms with Crippen molar-refractivity contribution in [1.82, 2.24) is 10.2 Å². The smallest absolute Gasteiger partial charge is 0.264 e. The number of aryl methyl sites for hydroxylation is 3. The van der Waals surface area contributed by atoms with Crippen LogP contribution in [-0.2, 0) is 26.2 Å². The second-order valence-corrected chi connectivity index (χ2v) is 11.8. The first-order valence-electron chi connectivity index (χ1n) is 13.3. The van der Waals surface area contributed by atoms with Crippen molar-refractivity contribution in [1.29, 1.82) is 0 Å². The standard InChI is InChI=1S/C31H39N3O4S/c1-6-7-20-32-31(36)26(5)33(21-27-11-9-8-10-25(27)4)30(35)22-34(28-16-12-23(2)13-17-28)39(37,38)29-18-14-24(3)15-19-29/h8-19,26H,6-7,20-22H2,1-5H3,(H,32,36)/t26-/m0/s1. The summed E-state index contributed by atoms with van der Waals surface area (Å²) in [6, 6.07) is 20.4. The van der Waals surface area contributed by atoms with E-state index in [0.717, 1.165) is 39.4 Å². The number of carbonyl (C=O) groups is 2. The first-order chi connectivity index (χ1) is 18.5. The summed E-state index contributed by atoms with van der Waals surface area (Å²) in [5, 5.41) is 2.91. The molecular weight excluding hydrogens is 510 g/mol. The lowest BCUT2D eigenvalue weighted by molar-refractivity contribution is -0.139. The fourth-order valence-electron chi connectivity index (χ4n) is 4.17. The minimum atomic E-state index is -4.07. The van der Waals surface area contributed by atoms with Gasteiger partial charge in [0.05, 0.1) is 10.6 Å². The Bertz CT molecular complexity index is 1370. The molecule has 0 aliphatic rings. The lowest BCUT2D eigenvalue weighted by Crippen LogP contribution is -2.51. The van der Waals surface area contributed by atoms with Crippen LogP contribution in [0.1, 0.15) is 48.9 Å². The van der Waals surface area contributed by atoms with Gasteiger partial charge in [-0.1, -0.05) is 73.0 Å². The summed E-state index contributed by atoms with van der Waals surface area (Å²) in [6.07, 6.45) is 1.77. The number of benzene rings is 3. The largest absolute Gasteiger partial charge is 0.354 e. The summed E-state index contributed by atoms with van der Waals surface area (Å²) in [5.74, 6) is -0.735. The summed E-state index contributed by atoms with van der Waals surface area (Å²) >= 11 is 0. The molecule has 3 aromatic carbocycles. The van der Waals surface area contributed by atoms with E-state index >= 15 is 0 Å². The highest BCUT2D eigenvalue weighted by Crippen LogP contribution is 2.25. The van der Waals surface area contributed by atoms with Gasteiger partial charge in [-0.15, -0.1) is 0 Å². The Morgan fingerprint density at radius 3 is 2.05 bits per heavy atom. The molecule has 0 spiro atoms. The molecule has 208 valence electrons. The van der Waals surface area contributed by atoms with Crippen LogP contribution in [0.25, 0.3) is 0 Å². The molecule has 0 radical (unpaired) electrons. The highest BCUT2D eigenvalue weighted by molar-refractivity contribution is 7.92. The second-order valence-electron chi connectivity index (χ2n) is 9.93. The van der Waals surface area contributed by atoms with Gasteiger partial charge in [-0.2, -0.15) is 0 Å². The number of nitrogens with zero attached hydrogens (tertiary/aromatic N) is 2. The number of nitrogens with one attached hydrogen (secondary N) is 1. The zero-order chi connectivity index (χ0) is 28.6. The second kappa shape index (κ2) is 13.4. The van der Waals surface area contributed by atoms with Gasteiger partial charge in [0.2, 0.25) is 11.8 Å². The predicted molar refractivity (Wildman–Crippen MR) is 156 cm³/mol. The maximum Gasteiger partial charge on any atom is 0.264 e. The quantitative estimate of drug-likeness (QED) is 0.317. The minimum absolute atomic E-state index is 0.0947. The Hall–Kier alpha value is -3.65. The van der Waals surface area contributed by atoms with Crippen LogP contribution in [0.5, 0.6) is 0 Å². The molecule has 0 heterocycles. The van der Waals surface area contributed by atoms with E-state index in [1.165, 1.54) is 4.90 Å². The molecule has 3 rings (SSSR count). The molecule has 7 nitrogen and oxygen atoms in total. The third-order valence-electron chi connectivity index (χ3n) is 6.81. The molecule has 8 heteroatoms. The van der Waals surface area contributed by atoms with Gasteiger partial charge in [-0.3, -0.25) is 13.9 Å². The van der Waals surface area contributed by atoms with E-state index in [9.17, 15) is 18.0 Å². The number of rotatable bonds is 12. The third-order valence-corrected chi connectivity index (χ3v) is 8.60. The zero-order valence-electron chi connectivity index (χ0n) is 23.5. The average Bonchev–Trinajstić information content (AvgIpc) is 2.91. The fourth-order valence-corrected chi connectivity index (χ4v) is 5.58. The SMILES string of the molecule is CCCCNC(=O)[C@H](C)N(Cc1ccccc1C)C(=O)CN(c1ccc(C)cc1)S(=O)(=O)c1ccc(C)cc1. The van der Waals surface area contributed by atoms with Gasteiger partial charge in [0, 0.05) is 13.1 Å². The maximum atomic E-state index is 14.0. The molecule has 2 amide bonds. The maximum absolute atomic E-state index is 14.0. The van der Waals surface area contributed by atoms with Crippen molar-refractivity contribution in [2.24, 2.45) is 0 Å². The molecule has 0 fully saturated rings. The molecule has 0 saturated heterocycles. The van der Waals surface area contributed by atoms with Crippen molar-refractivity contribution in [3.8, 4) is 0 Å². The highest BCUT2D eigenvalue weighted by Gasteiger charge is 2.32. The van der Waals surface area contributed by atoms with Crippen LogP contribution in [0.4, 0.5) is 5.69 Å². The molecule has 39 heavy (non-hydrogen) atoms. The third kappa shape index (κ3) is 7.69. The Labute approximate surface area is 232 Å². The Morgan fingerprint density at radius 1 is 0.872 bits per heavy atom. The lowest BCUT2D eigenvalue weighted by atomic mass is 10.1. The van der Waals surface area contributed by atoms with E-state index in [1.54, 1.807) is 43.3 Å². The summed E-state index contributed by atoms with van der Waals surface area (Å²) < 4.78 is 28.8. The molecular formula is C31H39N3O4S. The van der Waals surface area contributed by atoms with E-state index in [2.05, 4.69) is 5.32 Å². The molecule has 0 unspecified atom stereocenters. The van der Waals surface area contributed by atoms with E-state index in [4.69, 9.17) is 0 Å². The van der Waals surface area contributed by atoms with Crippen molar-refractivity contribution < 1.29 is 18.0 Å². The molecule has 0 aliphatic heterocycles. The van der Waals surface area contributed by atoms with Crippen molar-refractivity contribution in [3.63, 3.8) is 0 Å². The van der Waals surface area contributed by atoms with Gasteiger partial charge in [0.1, 0.15) is 12.6 Å². The van der Waals surface area contributed by atoms with Crippen LogP contribution < -0.4 is 9.62 Å². The Balaban J connectivity index is 2.00. The number of anilines is 1. The zero-order valence-corrected chi connectivity index (χ0v) is 24.3. The first-order valence-corrected chi connectivity index (χ1v) is 14.8. The molecule has 1 N–H and O–H groups in total. The van der Waals surface area contributed by atoms with Crippen molar-refractivity contribution >= 4 is 27.5 Å². The molecule has 0 aliphatic carbocycles. The van der Waals surface area contributed by atoms with Crippen LogP contribution in [0.15, 0.2) is 77.7 Å². The number of amides is 2. The summed E-state index contributed by atoms with van der Waals surface area (Å²) in [4.78, 5) is 28.6. The average molecular weight is 550 g/mol. The normalized spacial score (nSPS) is 12.0. The highest BCUT2D eigenvalue weighted by atomic mass is 32.2. The Morgan fingerprint density at radius 2 is 1.46 bits per heavy atom. The minimum Gasteiger partial charge on any atom is -0.354 e. The van der Waals surface area contributed by atoms with Crippen LogP contribution >= 0.6 is 0 Å². The van der Waals surface area contributed by atoms with Gasteiger partial charge < -0.3 is 10.2 Å².